The van der Waals surface area contributed by atoms with Gasteiger partial charge >= 0.3 is 7.32 Å². The van der Waals surface area contributed by atoms with E-state index in [1.165, 1.54) is 0 Å². The number of aromatic nitrogens is 4. The van der Waals surface area contributed by atoms with Gasteiger partial charge in [0, 0.05) is 13.2 Å². The van der Waals surface area contributed by atoms with Gasteiger partial charge in [-0.15, -0.1) is 5.10 Å². The van der Waals surface area contributed by atoms with E-state index in [0.29, 0.717) is 25.2 Å². The van der Waals surface area contributed by atoms with Gasteiger partial charge in [-0.3, -0.25) is 0 Å². The smallest absolute Gasteiger partial charge is 0.496 e. The van der Waals surface area contributed by atoms with Crippen LogP contribution in [-0.2, 0) is 17.6 Å². The van der Waals surface area contributed by atoms with Gasteiger partial charge in [-0.05, 0) is 47.7 Å². The second kappa shape index (κ2) is 10.1. The average Bonchev–Trinajstić information content (AvgIpc) is 3.08. The number of methoxy groups -OCH3 is 1. The Bertz CT molecular complexity index is 640. The number of hydrogen-bond donors (Lipinski definition) is 3. The summed E-state index contributed by atoms with van der Waals surface area (Å²) in [6.07, 6.45) is 2.86. The lowest BCUT2D eigenvalue weighted by Crippen LogP contribution is -2.19. The number of nitrogens with two attached hydrogens (primary N) is 1. The highest BCUT2D eigenvalue weighted by Crippen LogP contribution is 2.19. The summed E-state index contributed by atoms with van der Waals surface area (Å²) in [7, 11) is -0.0765. The molecule has 136 valence electrons. The summed E-state index contributed by atoms with van der Waals surface area (Å²) in [6.45, 7) is 0.874. The number of aryl methyl sites for hydroxylation is 2. The molecule has 1 unspecified atom stereocenters. The average molecular weight is 349 g/mol. The number of rotatable bonds is 11. The van der Waals surface area contributed by atoms with Crippen molar-refractivity contribution < 1.29 is 19.4 Å². The minimum Gasteiger partial charge on any atom is -0.496 e. The van der Waals surface area contributed by atoms with E-state index in [-0.39, 0.29) is 12.6 Å². The number of para-hydroxylation sites is 1. The van der Waals surface area contributed by atoms with Gasteiger partial charge < -0.3 is 25.2 Å². The number of nitrogens with zero attached hydrogens (tertiary/aromatic N) is 4. The van der Waals surface area contributed by atoms with Crippen molar-refractivity contribution in [2.45, 2.75) is 38.3 Å². The van der Waals surface area contributed by atoms with E-state index in [1.54, 1.807) is 11.8 Å². The van der Waals surface area contributed by atoms with Gasteiger partial charge in [0.25, 0.3) is 0 Å². The van der Waals surface area contributed by atoms with E-state index in [4.69, 9.17) is 20.5 Å². The van der Waals surface area contributed by atoms with Gasteiger partial charge in [-0.1, -0.05) is 18.2 Å². The monoisotopic (exact) mass is 349 g/mol. The predicted molar refractivity (Wildman–Crippen MR) is 91.4 cm³/mol. The third-order valence-electron chi connectivity index (χ3n) is 3.85. The third kappa shape index (κ3) is 6.09. The van der Waals surface area contributed by atoms with Crippen molar-refractivity contribution in [2.24, 2.45) is 5.73 Å². The summed E-state index contributed by atoms with van der Waals surface area (Å²) in [5.74, 6) is 1.48. The van der Waals surface area contributed by atoms with Crippen LogP contribution in [-0.4, -0.2) is 51.3 Å². The van der Waals surface area contributed by atoms with Crippen LogP contribution < -0.4 is 10.5 Å². The Morgan fingerprint density at radius 1 is 1.28 bits per heavy atom. The largest absolute Gasteiger partial charge is 0.633 e. The van der Waals surface area contributed by atoms with E-state index in [1.807, 2.05) is 24.3 Å². The molecule has 0 aliphatic heterocycles. The van der Waals surface area contributed by atoms with Gasteiger partial charge in [0.05, 0.1) is 13.2 Å². The minimum absolute atomic E-state index is 0.267. The van der Waals surface area contributed by atoms with E-state index in [9.17, 15) is 0 Å². The molecule has 10 heteroatoms. The molecule has 4 N–H and O–H groups in total. The van der Waals surface area contributed by atoms with Crippen LogP contribution in [0.1, 0.15) is 36.7 Å². The Kier molecular flexibility index (Phi) is 7.80. The molecule has 0 amide bonds. The quantitative estimate of drug-likeness (QED) is 0.384. The summed E-state index contributed by atoms with van der Waals surface area (Å²) in [6, 6.07) is 7.55. The van der Waals surface area contributed by atoms with Gasteiger partial charge in [0.1, 0.15) is 5.75 Å². The summed E-state index contributed by atoms with van der Waals surface area (Å²) >= 11 is 0. The lowest BCUT2D eigenvalue weighted by Gasteiger charge is -2.12. The van der Waals surface area contributed by atoms with Crippen molar-refractivity contribution in [1.82, 2.24) is 20.2 Å². The Labute approximate surface area is 146 Å². The van der Waals surface area contributed by atoms with Crippen LogP contribution in [0.15, 0.2) is 24.3 Å². The van der Waals surface area contributed by atoms with Crippen molar-refractivity contribution >= 4 is 7.32 Å². The van der Waals surface area contributed by atoms with Gasteiger partial charge in [0.2, 0.25) is 0 Å². The van der Waals surface area contributed by atoms with Gasteiger partial charge in [-0.25, -0.2) is 4.68 Å². The Morgan fingerprint density at radius 3 is 2.84 bits per heavy atom. The van der Waals surface area contributed by atoms with Crippen LogP contribution in [0.25, 0.3) is 0 Å². The molecule has 0 aliphatic carbocycles. The molecule has 1 atom stereocenters. The molecule has 0 saturated heterocycles. The number of hydrogen-bond acceptors (Lipinski definition) is 8. The second-order valence-electron chi connectivity index (χ2n) is 5.62. The Hall–Kier alpha value is -2.01. The van der Waals surface area contributed by atoms with Crippen molar-refractivity contribution in [2.75, 3.05) is 13.7 Å². The summed E-state index contributed by atoms with van der Waals surface area (Å²) in [5, 5.41) is 29.0. The lowest BCUT2D eigenvalue weighted by molar-refractivity contribution is 0.181. The summed E-state index contributed by atoms with van der Waals surface area (Å²) in [5.41, 5.74) is 7.26. The predicted octanol–water partition coefficient (Wildman–Crippen LogP) is 0.0806. The number of benzene rings is 1. The SMILES string of the molecule is COc1ccccc1CCn1nnnc1C(N)CCCCOB(O)O. The molecule has 0 saturated carbocycles. The number of ether oxygens (including phenoxy) is 1. The van der Waals surface area contributed by atoms with Crippen molar-refractivity contribution in [3.8, 4) is 5.75 Å². The second-order valence-corrected chi connectivity index (χ2v) is 5.62. The number of unbranched alkanes of at least 4 members (excludes halogenated alkanes) is 1. The molecule has 0 aliphatic rings. The first-order valence-corrected chi connectivity index (χ1v) is 8.23. The maximum Gasteiger partial charge on any atom is 0.633 e. The van der Waals surface area contributed by atoms with Crippen molar-refractivity contribution in [1.29, 1.82) is 0 Å². The lowest BCUT2D eigenvalue weighted by atomic mass is 10.1. The van der Waals surface area contributed by atoms with E-state index in [2.05, 4.69) is 20.2 Å². The van der Waals surface area contributed by atoms with Crippen LogP contribution in [0.2, 0.25) is 0 Å². The molecule has 2 rings (SSSR count). The molecule has 0 radical (unpaired) electrons. The molecule has 1 aromatic carbocycles. The maximum atomic E-state index is 8.61. The fourth-order valence-corrected chi connectivity index (χ4v) is 2.56. The zero-order chi connectivity index (χ0) is 18.1. The Morgan fingerprint density at radius 2 is 2.08 bits per heavy atom. The van der Waals surface area contributed by atoms with E-state index < -0.39 is 7.32 Å². The summed E-state index contributed by atoms with van der Waals surface area (Å²) in [4.78, 5) is 0. The highest BCUT2D eigenvalue weighted by atomic mass is 16.6. The molecule has 25 heavy (non-hydrogen) atoms. The number of tetrazole rings is 1. The molecular weight excluding hydrogens is 325 g/mol. The van der Waals surface area contributed by atoms with E-state index >= 15 is 0 Å². The van der Waals surface area contributed by atoms with Crippen LogP contribution in [0, 0.1) is 0 Å². The first-order valence-electron chi connectivity index (χ1n) is 8.23. The molecular formula is C15H24BN5O4. The topological polar surface area (TPSA) is 129 Å². The third-order valence-corrected chi connectivity index (χ3v) is 3.85. The van der Waals surface area contributed by atoms with E-state index in [0.717, 1.165) is 24.2 Å². The first-order chi connectivity index (χ1) is 12.1. The van der Waals surface area contributed by atoms with Gasteiger partial charge in [0.15, 0.2) is 5.82 Å². The first kappa shape index (κ1) is 19.3. The molecule has 0 spiro atoms. The maximum absolute atomic E-state index is 8.61. The van der Waals surface area contributed by atoms with Crippen LogP contribution >= 0.6 is 0 Å². The zero-order valence-corrected chi connectivity index (χ0v) is 14.3. The normalized spacial score (nSPS) is 12.2. The standard InChI is InChI=1S/C15H24BN5O4/c1-24-14-8-3-2-6-12(14)9-10-21-15(18-19-20-21)13(17)7-4-5-11-25-16(22)23/h2-3,6,8,13,22-23H,4-5,7,9-11,17H2,1H3. The summed E-state index contributed by atoms with van der Waals surface area (Å²) < 4.78 is 11.7. The van der Waals surface area contributed by atoms with Gasteiger partial charge in [-0.2, -0.15) is 0 Å². The molecule has 2 aromatic rings. The van der Waals surface area contributed by atoms with Crippen LogP contribution in [0.3, 0.4) is 0 Å². The molecule has 1 aromatic heterocycles. The van der Waals surface area contributed by atoms with Crippen molar-refractivity contribution in [3.05, 3.63) is 35.7 Å². The zero-order valence-electron chi connectivity index (χ0n) is 14.3. The van der Waals surface area contributed by atoms with Crippen LogP contribution in [0.4, 0.5) is 0 Å². The molecule has 1 heterocycles. The molecule has 0 fully saturated rings. The molecule has 0 bridgehead atoms. The highest BCUT2D eigenvalue weighted by molar-refractivity contribution is 6.32. The highest BCUT2D eigenvalue weighted by Gasteiger charge is 2.15. The minimum atomic E-state index is -1.73. The fraction of sp³-hybridized carbons (Fsp3) is 0.533. The van der Waals surface area contributed by atoms with Crippen molar-refractivity contribution in [3.63, 3.8) is 0 Å². The molecule has 9 nitrogen and oxygen atoms in total. The fourth-order valence-electron chi connectivity index (χ4n) is 2.56. The van der Waals surface area contributed by atoms with Crippen LogP contribution in [0.5, 0.6) is 5.75 Å². The Balaban J connectivity index is 1.84.